The molecule has 0 aromatic heterocycles. The van der Waals surface area contributed by atoms with Gasteiger partial charge in [-0.3, -0.25) is 9.59 Å². The van der Waals surface area contributed by atoms with Crippen molar-refractivity contribution in [2.75, 3.05) is 13.7 Å². The zero-order chi connectivity index (χ0) is 28.4. The van der Waals surface area contributed by atoms with Crippen molar-refractivity contribution in [3.8, 4) is 17.2 Å². The lowest BCUT2D eigenvalue weighted by Crippen LogP contribution is -2.54. The van der Waals surface area contributed by atoms with Crippen LogP contribution in [-0.2, 0) is 22.4 Å². The van der Waals surface area contributed by atoms with Gasteiger partial charge < -0.3 is 45.1 Å². The highest BCUT2D eigenvalue weighted by Crippen LogP contribution is 2.40. The number of nitrogens with one attached hydrogen (secondary N) is 1. The summed E-state index contributed by atoms with van der Waals surface area (Å²) in [6.07, 6.45) is -3.54. The Morgan fingerprint density at radius 2 is 1.87 bits per heavy atom. The molecule has 1 heterocycles. The van der Waals surface area contributed by atoms with Gasteiger partial charge in [-0.15, -0.1) is 0 Å². The maximum atomic E-state index is 13.0. The van der Waals surface area contributed by atoms with Gasteiger partial charge in [0.25, 0.3) is 5.91 Å². The van der Waals surface area contributed by atoms with Gasteiger partial charge in [-0.25, -0.2) is 0 Å². The maximum absolute atomic E-state index is 13.0. The number of rotatable bonds is 7. The summed E-state index contributed by atoms with van der Waals surface area (Å²) in [5, 5.41) is 53.3. The van der Waals surface area contributed by atoms with Crippen molar-refractivity contribution in [2.45, 2.75) is 51.3 Å². The number of phenolic OH excluding ortho intramolecular Hbond substituents is 1. The second kappa shape index (κ2) is 11.5. The average Bonchev–Trinajstić information content (AvgIpc) is 2.90. The third-order valence-corrected chi connectivity index (χ3v) is 6.54. The van der Waals surface area contributed by atoms with E-state index in [4.69, 9.17) is 14.2 Å². The number of Topliss-reactive ketones (excluding diaryl/α,β-unsaturated/α-hetero) is 1. The smallest absolute Gasteiger partial charge is 0.255 e. The first-order valence-electron chi connectivity index (χ1n) is 12.3. The molecule has 6 N–H and O–H groups in total. The zero-order valence-corrected chi connectivity index (χ0v) is 21.7. The van der Waals surface area contributed by atoms with Crippen LogP contribution in [-0.4, -0.2) is 75.5 Å². The van der Waals surface area contributed by atoms with E-state index >= 15 is 0 Å². The minimum absolute atomic E-state index is 0.0377. The lowest BCUT2D eigenvalue weighted by Gasteiger charge is -2.35. The quantitative estimate of drug-likeness (QED) is 0.282. The molecule has 4 atom stereocenters. The number of methoxy groups -OCH3 is 1. The Kier molecular flexibility index (Phi) is 8.26. The first-order chi connectivity index (χ1) is 18.5. The highest BCUT2D eigenvalue weighted by molar-refractivity contribution is 6.10. The van der Waals surface area contributed by atoms with Crippen molar-refractivity contribution in [2.24, 2.45) is 0 Å². The van der Waals surface area contributed by atoms with Crippen LogP contribution in [0.2, 0.25) is 0 Å². The lowest BCUT2D eigenvalue weighted by molar-refractivity contribution is -0.242. The van der Waals surface area contributed by atoms with E-state index in [-0.39, 0.29) is 52.7 Å². The summed E-state index contributed by atoms with van der Waals surface area (Å²) in [5.41, 5.74) is 2.01. The van der Waals surface area contributed by atoms with Gasteiger partial charge in [-0.05, 0) is 56.2 Å². The fourth-order valence-corrected chi connectivity index (χ4v) is 4.36. The Morgan fingerprint density at radius 3 is 2.56 bits per heavy atom. The summed E-state index contributed by atoms with van der Waals surface area (Å²) in [6.45, 7) is 3.57. The van der Waals surface area contributed by atoms with Gasteiger partial charge in [0, 0.05) is 23.1 Å². The van der Waals surface area contributed by atoms with Crippen molar-refractivity contribution in [3.63, 3.8) is 0 Å². The van der Waals surface area contributed by atoms with E-state index in [2.05, 4.69) is 5.32 Å². The fourth-order valence-electron chi connectivity index (χ4n) is 4.36. The Labute approximate surface area is 224 Å². The first-order valence-corrected chi connectivity index (χ1v) is 12.3. The third-order valence-electron chi connectivity index (χ3n) is 6.54. The highest BCUT2D eigenvalue weighted by atomic mass is 16.7. The molecule has 0 radical (unpaired) electrons. The molecular formula is C28H31NO10. The SMILES string of the molecule is COc1c(O[C@@H]2OC[C@@H](O)[C@H](O)C2O)ccc2c1CC(=O)C(NC(=O)c1ccc(O)c(CC=C(C)C)c1)=C2O. The van der Waals surface area contributed by atoms with Gasteiger partial charge >= 0.3 is 0 Å². The summed E-state index contributed by atoms with van der Waals surface area (Å²) >= 11 is 0. The number of fused-ring (bicyclic) bond motifs is 1. The topological polar surface area (TPSA) is 175 Å². The van der Waals surface area contributed by atoms with E-state index in [1.165, 1.54) is 37.4 Å². The minimum Gasteiger partial charge on any atom is -0.508 e. The van der Waals surface area contributed by atoms with Gasteiger partial charge in [0.15, 0.2) is 17.3 Å². The van der Waals surface area contributed by atoms with Gasteiger partial charge in [0.2, 0.25) is 6.29 Å². The third kappa shape index (κ3) is 5.76. The van der Waals surface area contributed by atoms with Gasteiger partial charge in [0.1, 0.15) is 35.5 Å². The molecule has 1 aliphatic carbocycles. The van der Waals surface area contributed by atoms with Crippen LogP contribution in [0, 0.1) is 0 Å². The van der Waals surface area contributed by atoms with Crippen LogP contribution in [0.3, 0.4) is 0 Å². The van der Waals surface area contributed by atoms with Crippen LogP contribution in [0.1, 0.15) is 40.9 Å². The Balaban J connectivity index is 1.60. The molecule has 0 saturated carbocycles. The largest absolute Gasteiger partial charge is 0.508 e. The summed E-state index contributed by atoms with van der Waals surface area (Å²) in [5.74, 6) is -1.48. The molecule has 4 rings (SSSR count). The number of aliphatic hydroxyl groups excluding tert-OH is 4. The van der Waals surface area contributed by atoms with Crippen molar-refractivity contribution < 1.29 is 49.3 Å². The highest BCUT2D eigenvalue weighted by Gasteiger charge is 2.40. The normalized spacial score (nSPS) is 22.7. The molecular weight excluding hydrogens is 510 g/mol. The van der Waals surface area contributed by atoms with E-state index in [1.54, 1.807) is 0 Å². The predicted molar refractivity (Wildman–Crippen MR) is 138 cm³/mol. The molecule has 0 bridgehead atoms. The molecule has 2 aliphatic rings. The molecule has 11 nitrogen and oxygen atoms in total. The number of carbonyl (C=O) groups is 2. The number of carbonyl (C=O) groups excluding carboxylic acids is 2. The zero-order valence-electron chi connectivity index (χ0n) is 21.7. The molecule has 2 aromatic carbocycles. The molecule has 1 amide bonds. The molecule has 1 aliphatic heterocycles. The van der Waals surface area contributed by atoms with Gasteiger partial charge in [-0.1, -0.05) is 11.6 Å². The van der Waals surface area contributed by atoms with E-state index in [1.807, 2.05) is 19.9 Å². The molecule has 11 heteroatoms. The van der Waals surface area contributed by atoms with Crippen molar-refractivity contribution in [1.29, 1.82) is 0 Å². The number of aliphatic hydroxyl groups is 4. The van der Waals surface area contributed by atoms with Crippen molar-refractivity contribution in [3.05, 3.63) is 69.9 Å². The van der Waals surface area contributed by atoms with Gasteiger partial charge in [0.05, 0.1) is 13.7 Å². The van der Waals surface area contributed by atoms with E-state index in [0.717, 1.165) is 5.57 Å². The molecule has 1 unspecified atom stereocenters. The maximum Gasteiger partial charge on any atom is 0.255 e. The van der Waals surface area contributed by atoms with Crippen LogP contribution < -0.4 is 14.8 Å². The fraction of sp³-hybridized carbons (Fsp3) is 0.357. The summed E-state index contributed by atoms with van der Waals surface area (Å²) in [4.78, 5) is 26.0. The monoisotopic (exact) mass is 541 g/mol. The molecule has 1 saturated heterocycles. The molecule has 2 aromatic rings. The Bertz CT molecular complexity index is 1340. The number of ether oxygens (including phenoxy) is 3. The molecule has 208 valence electrons. The summed E-state index contributed by atoms with van der Waals surface area (Å²) in [6, 6.07) is 7.22. The first kappa shape index (κ1) is 28.1. The van der Waals surface area contributed by atoms with Crippen molar-refractivity contribution >= 4 is 17.4 Å². The minimum atomic E-state index is -1.55. The standard InChI is InChI=1S/C28H31NO10/c1-13(2)4-5-14-10-15(6-8-18(14)30)27(36)29-22-19(31)11-17-16(23(22)33)7-9-21(26(17)37-3)39-28-25(35)24(34)20(32)12-38-28/h4,6-10,20,24-25,28,30,32-35H,5,11-12H2,1-3H3,(H,29,36)/t20-,24+,25?,28+/m1/s1. The number of hydrogen-bond donors (Lipinski definition) is 6. The van der Waals surface area contributed by atoms with Crippen molar-refractivity contribution in [1.82, 2.24) is 5.32 Å². The summed E-state index contributed by atoms with van der Waals surface area (Å²) < 4.78 is 16.4. The number of allylic oxidation sites excluding steroid dienone is 3. The second-order valence-corrected chi connectivity index (χ2v) is 9.60. The van der Waals surface area contributed by atoms with E-state index < -0.39 is 42.1 Å². The molecule has 1 fully saturated rings. The molecule has 39 heavy (non-hydrogen) atoms. The van der Waals surface area contributed by atoms with Crippen LogP contribution in [0.4, 0.5) is 0 Å². The number of amides is 1. The Hall–Kier alpha value is -3.90. The number of benzene rings is 2. The number of hydrogen-bond acceptors (Lipinski definition) is 10. The van der Waals surface area contributed by atoms with Crippen LogP contribution in [0.25, 0.3) is 5.76 Å². The summed E-state index contributed by atoms with van der Waals surface area (Å²) in [7, 11) is 1.33. The predicted octanol–water partition coefficient (Wildman–Crippen LogP) is 1.51. The second-order valence-electron chi connectivity index (χ2n) is 9.60. The van der Waals surface area contributed by atoms with Crippen LogP contribution in [0.5, 0.6) is 17.2 Å². The van der Waals surface area contributed by atoms with Gasteiger partial charge in [-0.2, -0.15) is 0 Å². The number of aromatic hydroxyl groups is 1. The van der Waals surface area contributed by atoms with E-state index in [9.17, 15) is 35.1 Å². The van der Waals surface area contributed by atoms with Crippen LogP contribution >= 0.6 is 0 Å². The average molecular weight is 542 g/mol. The molecule has 0 spiro atoms. The lowest BCUT2D eigenvalue weighted by atomic mass is 9.91. The number of ketones is 1. The van der Waals surface area contributed by atoms with E-state index in [0.29, 0.717) is 12.0 Å². The Morgan fingerprint density at radius 1 is 1.13 bits per heavy atom. The van der Waals surface area contributed by atoms with Crippen LogP contribution in [0.15, 0.2) is 47.7 Å². The number of phenols is 1.